The van der Waals surface area contributed by atoms with Crippen LogP contribution in [0.25, 0.3) is 10.9 Å². The summed E-state index contributed by atoms with van der Waals surface area (Å²) in [5, 5.41) is 7.31. The van der Waals surface area contributed by atoms with Gasteiger partial charge in [0.2, 0.25) is 5.91 Å². The third-order valence-corrected chi connectivity index (χ3v) is 3.86. The maximum absolute atomic E-state index is 12.3. The number of pyridine rings is 1. The van der Waals surface area contributed by atoms with Crippen molar-refractivity contribution < 1.29 is 4.79 Å². The van der Waals surface area contributed by atoms with Crippen LogP contribution in [-0.4, -0.2) is 23.5 Å². The molecule has 0 bridgehead atoms. The van der Waals surface area contributed by atoms with E-state index in [9.17, 15) is 4.79 Å². The van der Waals surface area contributed by atoms with Crippen LogP contribution in [0.4, 0.5) is 5.69 Å². The highest BCUT2D eigenvalue weighted by molar-refractivity contribution is 6.03. The van der Waals surface area contributed by atoms with Crippen LogP contribution in [0.1, 0.15) is 24.8 Å². The van der Waals surface area contributed by atoms with Crippen LogP contribution in [-0.2, 0) is 4.79 Å². The monoisotopic (exact) mass is 341 g/mol. The number of piperidine rings is 1. The van der Waals surface area contributed by atoms with Crippen LogP contribution in [0.3, 0.4) is 0 Å². The van der Waals surface area contributed by atoms with E-state index in [0.29, 0.717) is 0 Å². The molecule has 1 aliphatic heterocycles. The largest absolute Gasteiger partial charge is 0.324 e. The molecule has 6 heteroatoms. The first-order chi connectivity index (χ1) is 9.75. The average Bonchev–Trinajstić information content (AvgIpc) is 2.51. The molecule has 22 heavy (non-hydrogen) atoms. The van der Waals surface area contributed by atoms with E-state index in [2.05, 4.69) is 15.6 Å². The summed E-state index contributed by atoms with van der Waals surface area (Å²) in [6.07, 6.45) is 4.96. The summed E-state index contributed by atoms with van der Waals surface area (Å²) in [7, 11) is 0. The summed E-state index contributed by atoms with van der Waals surface area (Å²) in [4.78, 5) is 16.7. The Kier molecular flexibility index (Phi) is 7.07. The molecule has 1 atom stereocenters. The normalized spacial score (nSPS) is 17.2. The summed E-state index contributed by atoms with van der Waals surface area (Å²) < 4.78 is 0. The fraction of sp³-hybridized carbons (Fsp3) is 0.375. The number of hydrogen-bond acceptors (Lipinski definition) is 3. The van der Waals surface area contributed by atoms with E-state index >= 15 is 0 Å². The fourth-order valence-corrected chi connectivity index (χ4v) is 2.72. The van der Waals surface area contributed by atoms with Crippen molar-refractivity contribution in [3.8, 4) is 0 Å². The first kappa shape index (κ1) is 18.7. The van der Waals surface area contributed by atoms with Gasteiger partial charge in [-0.3, -0.25) is 9.78 Å². The predicted molar refractivity (Wildman–Crippen MR) is 95.2 cm³/mol. The number of fused-ring (bicyclic) bond motifs is 1. The van der Waals surface area contributed by atoms with Crippen molar-refractivity contribution in [3.05, 3.63) is 36.0 Å². The average molecular weight is 342 g/mol. The number of hydrogen-bond donors (Lipinski definition) is 2. The zero-order valence-corrected chi connectivity index (χ0v) is 14.1. The Morgan fingerprint density at radius 2 is 2.09 bits per heavy atom. The first-order valence-electron chi connectivity index (χ1n) is 7.14. The summed E-state index contributed by atoms with van der Waals surface area (Å²) >= 11 is 0. The molecule has 120 valence electrons. The number of nitrogens with zero attached hydrogens (tertiary/aromatic N) is 1. The van der Waals surface area contributed by atoms with E-state index in [-0.39, 0.29) is 36.8 Å². The van der Waals surface area contributed by atoms with E-state index in [4.69, 9.17) is 0 Å². The second-order valence-corrected chi connectivity index (χ2v) is 5.32. The third kappa shape index (κ3) is 3.88. The number of aromatic nitrogens is 1. The van der Waals surface area contributed by atoms with Crippen LogP contribution in [0.15, 0.2) is 30.5 Å². The van der Waals surface area contributed by atoms with Crippen LogP contribution < -0.4 is 10.6 Å². The van der Waals surface area contributed by atoms with Gasteiger partial charge in [-0.25, -0.2) is 0 Å². The van der Waals surface area contributed by atoms with Gasteiger partial charge >= 0.3 is 0 Å². The van der Waals surface area contributed by atoms with Gasteiger partial charge in [0.25, 0.3) is 0 Å². The van der Waals surface area contributed by atoms with Gasteiger partial charge < -0.3 is 10.6 Å². The lowest BCUT2D eigenvalue weighted by molar-refractivity contribution is -0.118. The van der Waals surface area contributed by atoms with E-state index in [1.165, 1.54) is 0 Å². The van der Waals surface area contributed by atoms with Crippen molar-refractivity contribution in [3.63, 3.8) is 0 Å². The maximum Gasteiger partial charge on any atom is 0.241 e. The van der Waals surface area contributed by atoms with Crippen LogP contribution in [0, 0.1) is 6.92 Å². The quantitative estimate of drug-likeness (QED) is 0.879. The summed E-state index contributed by atoms with van der Waals surface area (Å²) in [6, 6.07) is 7.78. The number of anilines is 1. The summed E-state index contributed by atoms with van der Waals surface area (Å²) in [5.74, 6) is 0.0544. The van der Waals surface area contributed by atoms with E-state index < -0.39 is 0 Å². The van der Waals surface area contributed by atoms with Crippen molar-refractivity contribution in [1.29, 1.82) is 0 Å². The number of rotatable bonds is 2. The SMILES string of the molecule is Cc1ccc(NC(=O)C2CCCCN2)c2cccnc12.Cl.Cl. The van der Waals surface area contributed by atoms with Gasteiger partial charge in [-0.15, -0.1) is 24.8 Å². The molecule has 3 rings (SSSR count). The van der Waals surface area contributed by atoms with Gasteiger partial charge in [0.1, 0.15) is 0 Å². The topological polar surface area (TPSA) is 54.0 Å². The molecule has 2 N–H and O–H groups in total. The number of nitrogens with one attached hydrogen (secondary N) is 2. The minimum absolute atomic E-state index is 0. The Morgan fingerprint density at radius 3 is 2.82 bits per heavy atom. The van der Waals surface area contributed by atoms with Gasteiger partial charge in [0.15, 0.2) is 0 Å². The Morgan fingerprint density at radius 1 is 1.27 bits per heavy atom. The summed E-state index contributed by atoms with van der Waals surface area (Å²) in [6.45, 7) is 2.96. The van der Waals surface area contributed by atoms with E-state index in [0.717, 1.165) is 48.0 Å². The van der Waals surface area contributed by atoms with Crippen molar-refractivity contribution >= 4 is 47.3 Å². The molecule has 1 aromatic heterocycles. The van der Waals surface area contributed by atoms with Crippen LogP contribution in [0.5, 0.6) is 0 Å². The lowest BCUT2D eigenvalue weighted by Gasteiger charge is -2.22. The second-order valence-electron chi connectivity index (χ2n) is 5.32. The van der Waals surface area contributed by atoms with Gasteiger partial charge in [0.05, 0.1) is 17.2 Å². The van der Waals surface area contributed by atoms with Gasteiger partial charge in [0, 0.05) is 11.6 Å². The molecule has 1 fully saturated rings. The lowest BCUT2D eigenvalue weighted by atomic mass is 10.0. The highest BCUT2D eigenvalue weighted by Crippen LogP contribution is 2.25. The zero-order chi connectivity index (χ0) is 13.9. The molecule has 1 amide bonds. The Hall–Kier alpha value is -1.36. The molecule has 0 radical (unpaired) electrons. The van der Waals surface area contributed by atoms with Crippen molar-refractivity contribution in [1.82, 2.24) is 10.3 Å². The molecular weight excluding hydrogens is 321 g/mol. The number of carbonyl (C=O) groups excluding carboxylic acids is 1. The van der Waals surface area contributed by atoms with Gasteiger partial charge in [-0.2, -0.15) is 0 Å². The molecule has 0 aliphatic carbocycles. The molecule has 0 spiro atoms. The minimum atomic E-state index is -0.0724. The van der Waals surface area contributed by atoms with E-state index in [1.54, 1.807) is 6.20 Å². The highest BCUT2D eigenvalue weighted by Gasteiger charge is 2.21. The predicted octanol–water partition coefficient (Wildman–Crippen LogP) is 3.47. The highest BCUT2D eigenvalue weighted by atomic mass is 35.5. The molecule has 0 saturated carbocycles. The van der Waals surface area contributed by atoms with Crippen molar-refractivity contribution in [2.75, 3.05) is 11.9 Å². The number of benzene rings is 1. The minimum Gasteiger partial charge on any atom is -0.324 e. The number of aryl methyl sites for hydroxylation is 1. The van der Waals surface area contributed by atoms with Gasteiger partial charge in [-0.1, -0.05) is 12.5 Å². The molecule has 1 aliphatic rings. The standard InChI is InChI=1S/C16H19N3O.2ClH/c1-11-7-8-13(12-5-4-10-18-15(11)12)19-16(20)14-6-2-3-9-17-14;;/h4-5,7-8,10,14,17H,2-3,6,9H2,1H3,(H,19,20);2*1H. The Labute approximate surface area is 142 Å². The number of amides is 1. The van der Waals surface area contributed by atoms with E-state index in [1.807, 2.05) is 31.2 Å². The van der Waals surface area contributed by atoms with Crippen LogP contribution in [0.2, 0.25) is 0 Å². The van der Waals surface area contributed by atoms with Crippen molar-refractivity contribution in [2.24, 2.45) is 0 Å². The molecule has 2 heterocycles. The lowest BCUT2D eigenvalue weighted by Crippen LogP contribution is -2.43. The zero-order valence-electron chi connectivity index (χ0n) is 12.5. The number of carbonyl (C=O) groups is 1. The van der Waals surface area contributed by atoms with Crippen LogP contribution >= 0.6 is 24.8 Å². The molecular formula is C16H21Cl2N3O. The Bertz CT molecular complexity index is 642. The molecule has 1 aromatic carbocycles. The Balaban J connectivity index is 0.00000121. The maximum atomic E-state index is 12.3. The molecule has 1 saturated heterocycles. The fourth-order valence-electron chi connectivity index (χ4n) is 2.72. The molecule has 1 unspecified atom stereocenters. The number of halogens is 2. The van der Waals surface area contributed by atoms with Gasteiger partial charge in [-0.05, 0) is 50.1 Å². The molecule has 4 nitrogen and oxygen atoms in total. The molecule has 2 aromatic rings. The third-order valence-electron chi connectivity index (χ3n) is 3.86. The first-order valence-corrected chi connectivity index (χ1v) is 7.14. The second kappa shape index (κ2) is 8.32. The van der Waals surface area contributed by atoms with Crippen molar-refractivity contribution in [2.45, 2.75) is 32.2 Å². The summed E-state index contributed by atoms with van der Waals surface area (Å²) in [5.41, 5.74) is 2.91. The smallest absolute Gasteiger partial charge is 0.241 e.